The third-order valence-electron chi connectivity index (χ3n) is 9.58. The van der Waals surface area contributed by atoms with E-state index in [1.165, 1.54) is 0 Å². The number of rotatable bonds is 9. The number of hydrogen-bond acceptors (Lipinski definition) is 5. The van der Waals surface area contributed by atoms with Crippen molar-refractivity contribution in [3.05, 3.63) is 53.5 Å². The minimum Gasteiger partial charge on any atom is -0.402 e. The summed E-state index contributed by atoms with van der Waals surface area (Å²) < 4.78 is 30.0. The van der Waals surface area contributed by atoms with Crippen LogP contribution in [0.4, 0.5) is 14.5 Å². The van der Waals surface area contributed by atoms with Crippen LogP contribution in [0.2, 0.25) is 0 Å². The van der Waals surface area contributed by atoms with Crippen LogP contribution < -0.4 is 16.8 Å². The lowest BCUT2D eigenvalue weighted by atomic mass is 9.69. The van der Waals surface area contributed by atoms with Gasteiger partial charge in [0.05, 0.1) is 0 Å². The first-order valence-electron chi connectivity index (χ1n) is 16.6. The number of nitrogens with zero attached hydrogens (tertiary/aromatic N) is 2. The third kappa shape index (κ3) is 12.5. The van der Waals surface area contributed by atoms with Gasteiger partial charge in [0.2, 0.25) is 5.91 Å². The highest BCUT2D eigenvalue weighted by atomic mass is 19.3. The van der Waals surface area contributed by atoms with Crippen molar-refractivity contribution < 1.29 is 18.4 Å². The SMILES string of the molecule is CC(=N)/C(=C(/C)N)c1ccc(NC(=O)CC2CC(C)(C)CCC2(F)F)cc1.CC(C)C(C)(C)C(C)C.CC(C)n1nccc1C(N)=O. The first-order chi connectivity index (χ1) is 21.4. The van der Waals surface area contributed by atoms with E-state index < -0.39 is 23.7 Å². The molecule has 264 valence electrons. The van der Waals surface area contributed by atoms with Crippen molar-refractivity contribution in [3.8, 4) is 0 Å². The molecule has 0 bridgehead atoms. The van der Waals surface area contributed by atoms with Crippen LogP contribution in [-0.4, -0.2) is 33.2 Å². The fraction of sp³-hybridized carbons (Fsp3) is 0.622. The number of halogens is 2. The molecule has 1 saturated carbocycles. The minimum atomic E-state index is -2.80. The van der Waals surface area contributed by atoms with Gasteiger partial charge in [-0.3, -0.25) is 14.3 Å². The van der Waals surface area contributed by atoms with Crippen LogP contribution in [-0.2, 0) is 4.79 Å². The van der Waals surface area contributed by atoms with E-state index in [4.69, 9.17) is 16.9 Å². The first-order valence-corrected chi connectivity index (χ1v) is 16.6. The van der Waals surface area contributed by atoms with E-state index in [2.05, 4.69) is 52.0 Å². The zero-order chi connectivity index (χ0) is 36.5. The maximum absolute atomic E-state index is 14.2. The minimum absolute atomic E-state index is 0.164. The zero-order valence-electron chi connectivity index (χ0n) is 30.7. The normalized spacial score (nSPS) is 17.6. The number of allylic oxidation sites excluding steroid dienone is 2. The number of hydrogen-bond donors (Lipinski definition) is 4. The molecule has 1 unspecified atom stereocenters. The van der Waals surface area contributed by atoms with E-state index in [1.54, 1.807) is 55.1 Å². The van der Waals surface area contributed by atoms with Crippen molar-refractivity contribution >= 4 is 28.8 Å². The molecule has 1 aromatic heterocycles. The Morgan fingerprint density at radius 3 is 1.91 bits per heavy atom. The highest BCUT2D eigenvalue weighted by molar-refractivity contribution is 6.21. The molecule has 2 amide bonds. The summed E-state index contributed by atoms with van der Waals surface area (Å²) in [5, 5.41) is 14.5. The Labute approximate surface area is 281 Å². The van der Waals surface area contributed by atoms with Gasteiger partial charge in [0, 0.05) is 53.7 Å². The summed E-state index contributed by atoms with van der Waals surface area (Å²) >= 11 is 0. The largest absolute Gasteiger partial charge is 0.402 e. The van der Waals surface area contributed by atoms with Crippen LogP contribution in [0, 0.1) is 34.0 Å². The summed E-state index contributed by atoms with van der Waals surface area (Å²) in [6, 6.07) is 8.70. The lowest BCUT2D eigenvalue weighted by molar-refractivity contribution is -0.133. The van der Waals surface area contributed by atoms with Crippen LogP contribution in [0.3, 0.4) is 0 Å². The van der Waals surface area contributed by atoms with Crippen LogP contribution in [0.25, 0.3) is 5.57 Å². The van der Waals surface area contributed by atoms with Crippen LogP contribution in [0.5, 0.6) is 0 Å². The molecule has 1 heterocycles. The molecule has 47 heavy (non-hydrogen) atoms. The van der Waals surface area contributed by atoms with Gasteiger partial charge < -0.3 is 22.2 Å². The van der Waals surface area contributed by atoms with Gasteiger partial charge in [0.1, 0.15) is 5.69 Å². The summed E-state index contributed by atoms with van der Waals surface area (Å²) in [4.78, 5) is 23.1. The van der Waals surface area contributed by atoms with Crippen LogP contribution in [0.1, 0.15) is 131 Å². The van der Waals surface area contributed by atoms with Gasteiger partial charge in [-0.15, -0.1) is 0 Å². The molecule has 0 radical (unpaired) electrons. The molecule has 1 aliphatic carbocycles. The van der Waals surface area contributed by atoms with Crippen molar-refractivity contribution in [1.82, 2.24) is 9.78 Å². The van der Waals surface area contributed by atoms with Gasteiger partial charge in [-0.2, -0.15) is 5.10 Å². The van der Waals surface area contributed by atoms with Gasteiger partial charge in [0.25, 0.3) is 11.8 Å². The molecule has 10 heteroatoms. The molecule has 3 rings (SSSR count). The molecule has 8 nitrogen and oxygen atoms in total. The Kier molecular flexibility index (Phi) is 15.0. The molecule has 1 aliphatic rings. The monoisotopic (exact) mass is 658 g/mol. The average molecular weight is 659 g/mol. The quantitative estimate of drug-likeness (QED) is 0.200. The summed E-state index contributed by atoms with van der Waals surface area (Å²) in [5.74, 6) is -2.99. The van der Waals surface area contributed by atoms with Gasteiger partial charge in [-0.05, 0) is 87.0 Å². The number of benzene rings is 1. The number of carbonyl (C=O) groups excluding carboxylic acids is 2. The Bertz CT molecular complexity index is 1360. The van der Waals surface area contributed by atoms with Gasteiger partial charge in [-0.25, -0.2) is 8.78 Å². The molecule has 1 aromatic carbocycles. The Hall–Kier alpha value is -3.56. The molecule has 2 aromatic rings. The summed E-state index contributed by atoms with van der Waals surface area (Å²) in [6.45, 7) is 25.1. The Morgan fingerprint density at radius 1 is 1.00 bits per heavy atom. The molecule has 0 aliphatic heterocycles. The fourth-order valence-electron chi connectivity index (χ4n) is 5.33. The maximum Gasteiger partial charge on any atom is 0.266 e. The fourth-order valence-corrected chi connectivity index (χ4v) is 5.33. The number of aromatic nitrogens is 2. The van der Waals surface area contributed by atoms with E-state index in [0.29, 0.717) is 46.6 Å². The highest BCUT2D eigenvalue weighted by Gasteiger charge is 2.47. The van der Waals surface area contributed by atoms with Crippen molar-refractivity contribution in [2.75, 3.05) is 5.32 Å². The molecule has 1 fully saturated rings. The number of anilines is 1. The van der Waals surface area contributed by atoms with E-state index in [-0.39, 0.29) is 24.3 Å². The summed E-state index contributed by atoms with van der Waals surface area (Å²) in [5.41, 5.74) is 14.6. The number of amides is 2. The Balaban J connectivity index is 0.000000450. The molecule has 0 spiro atoms. The van der Waals surface area contributed by atoms with E-state index in [0.717, 1.165) is 17.4 Å². The van der Waals surface area contributed by atoms with Crippen molar-refractivity contribution in [2.45, 2.75) is 121 Å². The number of carbonyl (C=O) groups is 2. The maximum atomic E-state index is 14.2. The van der Waals surface area contributed by atoms with E-state index >= 15 is 0 Å². The van der Waals surface area contributed by atoms with E-state index in [1.807, 2.05) is 27.7 Å². The highest BCUT2D eigenvalue weighted by Crippen LogP contribution is 2.48. The second kappa shape index (κ2) is 17.0. The zero-order valence-corrected chi connectivity index (χ0v) is 30.7. The molecule has 0 saturated heterocycles. The van der Waals surface area contributed by atoms with E-state index in [9.17, 15) is 18.4 Å². The lowest BCUT2D eigenvalue weighted by Crippen LogP contribution is -2.40. The molecular weight excluding hydrogens is 598 g/mol. The number of primary amides is 1. The van der Waals surface area contributed by atoms with Crippen molar-refractivity contribution in [1.29, 1.82) is 5.41 Å². The standard InChI is InChI=1S/C21H29F2N3O.C9H20.C7H11N3O/c1-13(24)19(14(2)25)15-5-7-17(8-6-15)26-18(27)11-16-12-20(3,4)9-10-21(16,22)23;1-7(2)9(5,6)8(3)4;1-5(2)10-6(7(8)11)3-4-9-10/h5-8,16,24H,9-12,25H2,1-4H3,(H,26,27);7-8H,1-6H3;3-5H,1-2H3,(H2,8,11)/b19-14+,24-13?;;. The average Bonchev–Trinajstić information content (AvgIpc) is 3.43. The first kappa shape index (κ1) is 41.5. The number of nitrogens with two attached hydrogens (primary N) is 2. The predicted molar refractivity (Wildman–Crippen MR) is 191 cm³/mol. The molecular formula is C37H60F2N6O2. The van der Waals surface area contributed by atoms with Gasteiger partial charge in [0.15, 0.2) is 0 Å². The van der Waals surface area contributed by atoms with Crippen molar-refractivity contribution in [2.24, 2.45) is 40.1 Å². The molecule has 6 N–H and O–H groups in total. The number of nitrogens with one attached hydrogen (secondary N) is 2. The number of alkyl halides is 2. The second-order valence-electron chi connectivity index (χ2n) is 15.1. The van der Waals surface area contributed by atoms with Crippen molar-refractivity contribution in [3.63, 3.8) is 0 Å². The van der Waals surface area contributed by atoms with Gasteiger partial charge in [-0.1, -0.05) is 67.5 Å². The second-order valence-corrected chi connectivity index (χ2v) is 15.1. The molecule has 1 atom stereocenters. The summed E-state index contributed by atoms with van der Waals surface area (Å²) in [6.07, 6.45) is 2.03. The lowest BCUT2D eigenvalue weighted by Gasteiger charge is -2.40. The summed E-state index contributed by atoms with van der Waals surface area (Å²) in [7, 11) is 0. The topological polar surface area (TPSA) is 140 Å². The smallest absolute Gasteiger partial charge is 0.266 e. The Morgan fingerprint density at radius 2 is 1.53 bits per heavy atom. The van der Waals surface area contributed by atoms with Gasteiger partial charge >= 0.3 is 0 Å². The predicted octanol–water partition coefficient (Wildman–Crippen LogP) is 9.09. The third-order valence-corrected chi connectivity index (χ3v) is 9.58. The van der Waals surface area contributed by atoms with Crippen LogP contribution in [0.15, 0.2) is 42.2 Å². The van der Waals surface area contributed by atoms with Crippen LogP contribution >= 0.6 is 0 Å².